The van der Waals surface area contributed by atoms with Crippen LogP contribution in [-0.2, 0) is 17.9 Å². The van der Waals surface area contributed by atoms with Gasteiger partial charge in [-0.2, -0.15) is 0 Å². The lowest BCUT2D eigenvalue weighted by Crippen LogP contribution is -2.46. The van der Waals surface area contributed by atoms with Crippen molar-refractivity contribution in [3.63, 3.8) is 0 Å². The van der Waals surface area contributed by atoms with E-state index >= 15 is 0 Å². The zero-order chi connectivity index (χ0) is 19.2. The van der Waals surface area contributed by atoms with Crippen molar-refractivity contribution in [2.45, 2.75) is 33.4 Å². The average molecular weight is 390 g/mol. The van der Waals surface area contributed by atoms with Crippen LogP contribution in [0.25, 0.3) is 0 Å². The molecule has 0 aliphatic carbocycles. The highest BCUT2D eigenvalue weighted by Crippen LogP contribution is 2.14. The van der Waals surface area contributed by atoms with Gasteiger partial charge in [0.1, 0.15) is 5.82 Å². The Labute approximate surface area is 163 Å². The first-order chi connectivity index (χ1) is 13.1. The Morgan fingerprint density at radius 1 is 1.26 bits per heavy atom. The van der Waals surface area contributed by atoms with Crippen LogP contribution in [0.15, 0.2) is 28.5 Å². The highest BCUT2D eigenvalue weighted by atomic mass is 32.1. The first kappa shape index (κ1) is 19.6. The normalized spacial score (nSPS) is 15.1. The molecule has 3 heterocycles. The number of pyridine rings is 1. The van der Waals surface area contributed by atoms with E-state index in [1.165, 1.54) is 11.3 Å². The number of anilines is 1. The third kappa shape index (κ3) is 5.17. The summed E-state index contributed by atoms with van der Waals surface area (Å²) in [6, 6.07) is 4.04. The second kappa shape index (κ2) is 9.14. The van der Waals surface area contributed by atoms with E-state index in [0.717, 1.165) is 49.8 Å². The standard InChI is InChI=1S/C19H27N5O2S/c1-3-22-8-10-23(11-9-22)17-5-4-16(12-20-17)13-21-18(25)6-7-24-15(2)14-27-19(24)26/h4-5,12,14H,3,6-11,13H2,1-2H3,(H,21,25). The molecule has 146 valence electrons. The molecule has 0 aromatic carbocycles. The minimum Gasteiger partial charge on any atom is -0.354 e. The number of rotatable bonds is 7. The van der Waals surface area contributed by atoms with Crippen LogP contribution in [0.2, 0.25) is 0 Å². The lowest BCUT2D eigenvalue weighted by Gasteiger charge is -2.34. The van der Waals surface area contributed by atoms with Crippen LogP contribution in [0.4, 0.5) is 5.82 Å². The number of nitrogens with zero attached hydrogens (tertiary/aromatic N) is 4. The van der Waals surface area contributed by atoms with Gasteiger partial charge in [0.05, 0.1) is 0 Å². The van der Waals surface area contributed by atoms with Gasteiger partial charge in [0.25, 0.3) is 0 Å². The van der Waals surface area contributed by atoms with Crippen LogP contribution < -0.4 is 15.1 Å². The fourth-order valence-electron chi connectivity index (χ4n) is 3.18. The van der Waals surface area contributed by atoms with Gasteiger partial charge in [0.15, 0.2) is 0 Å². The van der Waals surface area contributed by atoms with Crippen LogP contribution in [0.3, 0.4) is 0 Å². The number of thiazole rings is 1. The highest BCUT2D eigenvalue weighted by molar-refractivity contribution is 7.07. The highest BCUT2D eigenvalue weighted by Gasteiger charge is 2.16. The number of carbonyl (C=O) groups excluding carboxylic acids is 1. The average Bonchev–Trinajstić information content (AvgIpc) is 3.03. The van der Waals surface area contributed by atoms with E-state index < -0.39 is 0 Å². The van der Waals surface area contributed by atoms with Gasteiger partial charge in [0.2, 0.25) is 5.91 Å². The number of likely N-dealkylation sites (N-methyl/N-ethyl adjacent to an activating group) is 1. The number of nitrogens with one attached hydrogen (secondary N) is 1. The van der Waals surface area contributed by atoms with Crippen LogP contribution in [0.1, 0.15) is 24.6 Å². The Kier molecular flexibility index (Phi) is 6.63. The molecule has 0 bridgehead atoms. The van der Waals surface area contributed by atoms with Crippen molar-refractivity contribution in [3.8, 4) is 0 Å². The molecule has 1 amide bonds. The van der Waals surface area contributed by atoms with Crippen LogP contribution in [0.5, 0.6) is 0 Å². The first-order valence-corrected chi connectivity index (χ1v) is 10.3. The number of amides is 1. The molecule has 1 fully saturated rings. The summed E-state index contributed by atoms with van der Waals surface area (Å²) < 4.78 is 1.64. The smallest absolute Gasteiger partial charge is 0.307 e. The Morgan fingerprint density at radius 2 is 2.04 bits per heavy atom. The van der Waals surface area contributed by atoms with Gasteiger partial charge in [-0.05, 0) is 25.1 Å². The molecule has 0 spiro atoms. The monoisotopic (exact) mass is 389 g/mol. The maximum atomic E-state index is 12.1. The summed E-state index contributed by atoms with van der Waals surface area (Å²) >= 11 is 1.17. The molecule has 8 heteroatoms. The lowest BCUT2D eigenvalue weighted by molar-refractivity contribution is -0.121. The van der Waals surface area contributed by atoms with Gasteiger partial charge < -0.3 is 19.7 Å². The van der Waals surface area contributed by atoms with Gasteiger partial charge in [-0.3, -0.25) is 9.59 Å². The maximum absolute atomic E-state index is 12.1. The number of hydrogen-bond donors (Lipinski definition) is 1. The number of carbonyl (C=O) groups is 1. The van der Waals surface area contributed by atoms with Crippen molar-refractivity contribution in [1.82, 2.24) is 19.8 Å². The topological polar surface area (TPSA) is 70.5 Å². The molecule has 3 rings (SSSR count). The SMILES string of the molecule is CCN1CCN(c2ccc(CNC(=O)CCn3c(C)csc3=O)cn2)CC1. The fourth-order valence-corrected chi connectivity index (χ4v) is 3.94. The van der Waals surface area contributed by atoms with E-state index in [9.17, 15) is 9.59 Å². The molecule has 27 heavy (non-hydrogen) atoms. The Morgan fingerprint density at radius 3 is 2.63 bits per heavy atom. The third-order valence-electron chi connectivity index (χ3n) is 4.98. The van der Waals surface area contributed by atoms with Gasteiger partial charge in [-0.1, -0.05) is 24.3 Å². The molecule has 2 aromatic rings. The van der Waals surface area contributed by atoms with Crippen LogP contribution >= 0.6 is 11.3 Å². The fraction of sp³-hybridized carbons (Fsp3) is 0.526. The van der Waals surface area contributed by atoms with Crippen molar-refractivity contribution in [2.75, 3.05) is 37.6 Å². The quantitative estimate of drug-likeness (QED) is 0.776. The van der Waals surface area contributed by atoms with Crippen molar-refractivity contribution in [2.24, 2.45) is 0 Å². The van der Waals surface area contributed by atoms with E-state index in [4.69, 9.17) is 0 Å². The van der Waals surface area contributed by atoms with E-state index in [1.54, 1.807) is 4.57 Å². The molecule has 0 atom stereocenters. The van der Waals surface area contributed by atoms with E-state index in [-0.39, 0.29) is 10.8 Å². The second-order valence-corrected chi connectivity index (χ2v) is 7.59. The molecule has 7 nitrogen and oxygen atoms in total. The van der Waals surface area contributed by atoms with Crippen LogP contribution in [-0.4, -0.2) is 53.1 Å². The Balaban J connectivity index is 1.44. The second-order valence-electron chi connectivity index (χ2n) is 6.77. The van der Waals surface area contributed by atoms with E-state index in [1.807, 2.05) is 30.6 Å². The molecular formula is C19H27N5O2S. The molecule has 0 saturated carbocycles. The Bertz CT molecular complexity index is 806. The van der Waals surface area contributed by atoms with Gasteiger partial charge >= 0.3 is 4.87 Å². The van der Waals surface area contributed by atoms with Crippen molar-refractivity contribution in [1.29, 1.82) is 0 Å². The third-order valence-corrected chi connectivity index (χ3v) is 5.86. The molecule has 1 N–H and O–H groups in total. The predicted molar refractivity (Wildman–Crippen MR) is 108 cm³/mol. The molecule has 2 aromatic heterocycles. The number of aryl methyl sites for hydroxylation is 1. The maximum Gasteiger partial charge on any atom is 0.307 e. The van der Waals surface area contributed by atoms with Crippen molar-refractivity contribution >= 4 is 23.1 Å². The predicted octanol–water partition coefficient (Wildman–Crippen LogP) is 1.46. The minimum atomic E-state index is -0.0627. The molecule has 1 aliphatic heterocycles. The minimum absolute atomic E-state index is 0.0140. The summed E-state index contributed by atoms with van der Waals surface area (Å²) in [5.41, 5.74) is 1.88. The molecular weight excluding hydrogens is 362 g/mol. The van der Waals surface area contributed by atoms with E-state index in [2.05, 4.69) is 27.0 Å². The van der Waals surface area contributed by atoms with Gasteiger partial charge in [-0.15, -0.1) is 0 Å². The summed E-state index contributed by atoms with van der Waals surface area (Å²) in [5, 5.41) is 4.72. The zero-order valence-corrected chi connectivity index (χ0v) is 16.8. The van der Waals surface area contributed by atoms with E-state index in [0.29, 0.717) is 19.5 Å². The largest absolute Gasteiger partial charge is 0.354 e. The van der Waals surface area contributed by atoms with Gasteiger partial charge in [0, 0.05) is 63.0 Å². The molecule has 0 unspecified atom stereocenters. The van der Waals surface area contributed by atoms with Crippen molar-refractivity contribution < 1.29 is 4.79 Å². The molecule has 1 aliphatic rings. The summed E-state index contributed by atoms with van der Waals surface area (Å²) in [6.45, 7) is 10.2. The number of hydrogen-bond acceptors (Lipinski definition) is 6. The Hall–Kier alpha value is -2.19. The lowest BCUT2D eigenvalue weighted by atomic mass is 10.2. The summed E-state index contributed by atoms with van der Waals surface area (Å²) in [6.07, 6.45) is 2.13. The van der Waals surface area contributed by atoms with Gasteiger partial charge in [-0.25, -0.2) is 4.98 Å². The molecule has 1 saturated heterocycles. The summed E-state index contributed by atoms with van der Waals surface area (Å²) in [5.74, 6) is 0.931. The zero-order valence-electron chi connectivity index (χ0n) is 16.0. The number of aromatic nitrogens is 2. The van der Waals surface area contributed by atoms with Crippen molar-refractivity contribution in [3.05, 3.63) is 44.6 Å². The summed E-state index contributed by atoms with van der Waals surface area (Å²) in [4.78, 5) is 33.0. The molecule has 0 radical (unpaired) electrons. The number of piperazine rings is 1. The first-order valence-electron chi connectivity index (χ1n) is 9.40. The van der Waals surface area contributed by atoms with Crippen LogP contribution in [0, 0.1) is 6.92 Å². The summed E-state index contributed by atoms with van der Waals surface area (Å²) in [7, 11) is 0.